The van der Waals surface area contributed by atoms with Crippen LogP contribution in [-0.2, 0) is 21.1 Å². The smallest absolute Gasteiger partial charge is 0.148 e. The first kappa shape index (κ1) is 24.4. The van der Waals surface area contributed by atoms with Gasteiger partial charge in [-0.1, -0.05) is 45.0 Å². The summed E-state index contributed by atoms with van der Waals surface area (Å²) in [6, 6.07) is 8.43. The molecular weight excluding hydrogens is 382 g/mol. The van der Waals surface area contributed by atoms with Crippen LogP contribution in [0.15, 0.2) is 24.3 Å². The molecular formula is C21H36ClNO3S. The second-order valence-electron chi connectivity index (χ2n) is 8.16. The summed E-state index contributed by atoms with van der Waals surface area (Å²) in [7, 11) is -2.95. The summed E-state index contributed by atoms with van der Waals surface area (Å²) < 4.78 is 29.0. The van der Waals surface area contributed by atoms with E-state index in [-0.39, 0.29) is 24.1 Å². The van der Waals surface area contributed by atoms with Crippen molar-refractivity contribution in [1.29, 1.82) is 0 Å². The molecule has 2 rings (SSSR count). The van der Waals surface area contributed by atoms with Gasteiger partial charge in [-0.2, -0.15) is 0 Å². The van der Waals surface area contributed by atoms with Crippen LogP contribution in [0.3, 0.4) is 0 Å². The second-order valence-corrected chi connectivity index (χ2v) is 10.3. The van der Waals surface area contributed by atoms with Gasteiger partial charge in [-0.05, 0) is 48.8 Å². The average molecular weight is 418 g/mol. The molecule has 0 spiro atoms. The fourth-order valence-corrected chi connectivity index (χ4v) is 5.16. The monoisotopic (exact) mass is 417 g/mol. The number of halogens is 1. The van der Waals surface area contributed by atoms with Crippen molar-refractivity contribution in [3.63, 3.8) is 0 Å². The van der Waals surface area contributed by atoms with E-state index in [4.69, 9.17) is 4.74 Å². The maximum absolute atomic E-state index is 11.5. The second kappa shape index (κ2) is 10.8. The lowest BCUT2D eigenvalue weighted by Gasteiger charge is -2.40. The molecule has 0 aromatic heterocycles. The Bertz CT molecular complexity index is 661. The zero-order valence-electron chi connectivity index (χ0n) is 17.3. The third-order valence-electron chi connectivity index (χ3n) is 5.44. The molecule has 0 bridgehead atoms. The van der Waals surface area contributed by atoms with Crippen LogP contribution in [0.25, 0.3) is 0 Å². The summed E-state index contributed by atoms with van der Waals surface area (Å²) in [5.41, 5.74) is 2.36. The van der Waals surface area contributed by atoms with Crippen LogP contribution in [0.1, 0.15) is 51.2 Å². The summed E-state index contributed by atoms with van der Waals surface area (Å²) in [5.74, 6) is 1.53. The third kappa shape index (κ3) is 7.72. The first-order valence-corrected chi connectivity index (χ1v) is 11.9. The minimum Gasteiger partial charge on any atom is -0.377 e. The molecule has 4 nitrogen and oxygen atoms in total. The van der Waals surface area contributed by atoms with E-state index in [1.54, 1.807) is 0 Å². The molecule has 1 aromatic rings. The Hall–Kier alpha value is -0.620. The fourth-order valence-electron chi connectivity index (χ4n) is 4.06. The zero-order chi connectivity index (χ0) is 19.3. The Morgan fingerprint density at radius 2 is 1.81 bits per heavy atom. The van der Waals surface area contributed by atoms with Crippen LogP contribution in [0.5, 0.6) is 0 Å². The molecule has 1 aliphatic heterocycles. The van der Waals surface area contributed by atoms with Gasteiger partial charge in [-0.3, -0.25) is 4.90 Å². The molecule has 0 N–H and O–H groups in total. The minimum absolute atomic E-state index is 0. The first-order chi connectivity index (χ1) is 12.2. The normalized spacial score (nSPS) is 22.4. The van der Waals surface area contributed by atoms with Crippen LogP contribution in [0, 0.1) is 11.8 Å². The maximum atomic E-state index is 11.5. The number of hydrogen-bond acceptors (Lipinski definition) is 4. The standard InChI is InChI=1S/C21H35NO3S.ClH/c1-6-25-21-14-22(12-11-20(21)16(2)3)13-18-7-9-19(10-8-18)17(4)15-26(5,23)24;/h7-10,16-17,20-21H,6,11-15H2,1-5H3;1H/t17-,20?,21?;/m0./s1. The highest BCUT2D eigenvalue weighted by Gasteiger charge is 2.31. The third-order valence-corrected chi connectivity index (χ3v) is 6.54. The summed E-state index contributed by atoms with van der Waals surface area (Å²) >= 11 is 0. The fraction of sp³-hybridized carbons (Fsp3) is 0.714. The Morgan fingerprint density at radius 3 is 2.33 bits per heavy atom. The zero-order valence-corrected chi connectivity index (χ0v) is 19.0. The number of likely N-dealkylation sites (tertiary alicyclic amines) is 1. The predicted molar refractivity (Wildman–Crippen MR) is 115 cm³/mol. The van der Waals surface area contributed by atoms with Crippen molar-refractivity contribution in [3.8, 4) is 0 Å². The molecule has 0 amide bonds. The van der Waals surface area contributed by atoms with Crippen molar-refractivity contribution in [3.05, 3.63) is 35.4 Å². The lowest BCUT2D eigenvalue weighted by molar-refractivity contribution is -0.0486. The maximum Gasteiger partial charge on any atom is 0.148 e. The van der Waals surface area contributed by atoms with Crippen LogP contribution in [0.2, 0.25) is 0 Å². The van der Waals surface area contributed by atoms with Gasteiger partial charge in [0.1, 0.15) is 9.84 Å². The number of hydrogen-bond donors (Lipinski definition) is 0. The molecule has 0 aliphatic carbocycles. The highest BCUT2D eigenvalue weighted by Crippen LogP contribution is 2.28. The van der Waals surface area contributed by atoms with Crippen molar-refractivity contribution < 1.29 is 13.2 Å². The summed E-state index contributed by atoms with van der Waals surface area (Å²) in [4.78, 5) is 2.48. The van der Waals surface area contributed by atoms with Crippen LogP contribution in [0.4, 0.5) is 0 Å². The SMILES string of the molecule is CCOC1CN(Cc2ccc([C@@H](C)CS(C)(=O)=O)cc2)CCC1C(C)C.Cl. The van der Waals surface area contributed by atoms with Crippen molar-refractivity contribution in [2.24, 2.45) is 11.8 Å². The predicted octanol–water partition coefficient (Wildman–Crippen LogP) is 4.14. The number of benzene rings is 1. The van der Waals surface area contributed by atoms with Crippen molar-refractivity contribution in [1.82, 2.24) is 4.90 Å². The lowest BCUT2D eigenvalue weighted by Crippen LogP contribution is -2.46. The van der Waals surface area contributed by atoms with E-state index in [2.05, 4.69) is 49.9 Å². The molecule has 6 heteroatoms. The van der Waals surface area contributed by atoms with E-state index in [9.17, 15) is 8.42 Å². The molecule has 0 saturated carbocycles. The van der Waals surface area contributed by atoms with Gasteiger partial charge in [-0.15, -0.1) is 12.4 Å². The van der Waals surface area contributed by atoms with Gasteiger partial charge < -0.3 is 4.74 Å². The van der Waals surface area contributed by atoms with Crippen molar-refractivity contribution in [2.75, 3.05) is 31.7 Å². The van der Waals surface area contributed by atoms with E-state index in [0.717, 1.165) is 31.8 Å². The molecule has 3 atom stereocenters. The summed E-state index contributed by atoms with van der Waals surface area (Å²) in [6.07, 6.45) is 2.81. The number of piperidine rings is 1. The van der Waals surface area contributed by atoms with Gasteiger partial charge >= 0.3 is 0 Å². The molecule has 156 valence electrons. The van der Waals surface area contributed by atoms with Crippen LogP contribution < -0.4 is 0 Å². The molecule has 1 saturated heterocycles. The van der Waals surface area contributed by atoms with E-state index < -0.39 is 9.84 Å². The van der Waals surface area contributed by atoms with Gasteiger partial charge in [0.25, 0.3) is 0 Å². The van der Waals surface area contributed by atoms with Crippen molar-refractivity contribution >= 4 is 22.2 Å². The first-order valence-electron chi connectivity index (χ1n) is 9.80. The average Bonchev–Trinajstić information content (AvgIpc) is 2.54. The van der Waals surface area contributed by atoms with Gasteiger partial charge in [0, 0.05) is 26.0 Å². The Balaban J connectivity index is 0.00000364. The van der Waals surface area contributed by atoms with Gasteiger partial charge in [0.05, 0.1) is 11.9 Å². The molecule has 0 radical (unpaired) electrons. The Morgan fingerprint density at radius 1 is 1.19 bits per heavy atom. The van der Waals surface area contributed by atoms with Gasteiger partial charge in [0.15, 0.2) is 0 Å². The Kier molecular flexibility index (Phi) is 9.76. The molecule has 1 heterocycles. The topological polar surface area (TPSA) is 46.6 Å². The molecule has 1 aliphatic rings. The number of ether oxygens (including phenoxy) is 1. The quantitative estimate of drug-likeness (QED) is 0.637. The number of sulfone groups is 1. The largest absolute Gasteiger partial charge is 0.377 e. The summed E-state index contributed by atoms with van der Waals surface area (Å²) in [5, 5.41) is 0. The number of nitrogens with zero attached hydrogens (tertiary/aromatic N) is 1. The van der Waals surface area contributed by atoms with Crippen LogP contribution in [-0.4, -0.2) is 51.1 Å². The molecule has 1 aromatic carbocycles. The van der Waals surface area contributed by atoms with E-state index >= 15 is 0 Å². The van der Waals surface area contributed by atoms with E-state index in [1.165, 1.54) is 18.2 Å². The highest BCUT2D eigenvalue weighted by molar-refractivity contribution is 7.90. The van der Waals surface area contributed by atoms with Gasteiger partial charge in [-0.25, -0.2) is 8.42 Å². The molecule has 2 unspecified atom stereocenters. The van der Waals surface area contributed by atoms with E-state index in [1.807, 2.05) is 6.92 Å². The summed E-state index contributed by atoms with van der Waals surface area (Å²) in [6.45, 7) is 12.4. The van der Waals surface area contributed by atoms with E-state index in [0.29, 0.717) is 17.9 Å². The molecule has 1 fully saturated rings. The van der Waals surface area contributed by atoms with Gasteiger partial charge in [0.2, 0.25) is 0 Å². The minimum atomic E-state index is -2.95. The molecule has 27 heavy (non-hydrogen) atoms. The van der Waals surface area contributed by atoms with Crippen LogP contribution >= 0.6 is 12.4 Å². The highest BCUT2D eigenvalue weighted by atomic mass is 35.5. The number of rotatable bonds is 8. The Labute approximate surface area is 172 Å². The lowest BCUT2D eigenvalue weighted by atomic mass is 9.84. The van der Waals surface area contributed by atoms with Crippen molar-refractivity contribution in [2.45, 2.75) is 52.7 Å².